The molecule has 1 aromatic heterocycles. The summed E-state index contributed by atoms with van der Waals surface area (Å²) in [5.74, 6) is -0.801. The molecule has 3 aliphatic rings. The molecular formula is C20H25F3N4O2. The van der Waals surface area contributed by atoms with Gasteiger partial charge in [0, 0.05) is 31.6 Å². The number of carbonyl (C=O) groups is 1. The Hall–Kier alpha value is -2.32. The fraction of sp³-hybridized carbons (Fsp3) is 0.650. The zero-order chi connectivity index (χ0) is 21.0. The number of allylic oxidation sites excluding steroid dienone is 1. The summed E-state index contributed by atoms with van der Waals surface area (Å²) in [6, 6.07) is 0. The molecule has 4 rings (SSSR count). The first kappa shape index (κ1) is 20.0. The molecule has 3 heterocycles. The van der Waals surface area contributed by atoms with Crippen LogP contribution in [0.1, 0.15) is 39.3 Å². The lowest BCUT2D eigenvalue weighted by atomic mass is 9.60. The standard InChI is InChI=1S/C20H25F3N4O2/c1-18(2,3)29-17(28)27-11-19(12-27)5-13(6-19)4-15-7-25-16(8-24-15)26-9-14(10-26)20(21,22)23/h4,7-8,14H,5-6,9-12H2,1-3H3. The predicted octanol–water partition coefficient (Wildman–Crippen LogP) is 3.89. The summed E-state index contributed by atoms with van der Waals surface area (Å²) in [7, 11) is 0. The molecule has 0 bridgehead atoms. The van der Waals surface area contributed by atoms with Crippen LogP contribution in [0.15, 0.2) is 18.0 Å². The molecule has 9 heteroatoms. The highest BCUT2D eigenvalue weighted by molar-refractivity contribution is 5.70. The van der Waals surface area contributed by atoms with E-state index in [2.05, 4.69) is 9.97 Å². The van der Waals surface area contributed by atoms with Crippen LogP contribution in [-0.4, -0.2) is 58.9 Å². The number of halogens is 3. The Morgan fingerprint density at radius 3 is 2.34 bits per heavy atom. The van der Waals surface area contributed by atoms with Crippen molar-refractivity contribution in [3.8, 4) is 0 Å². The van der Waals surface area contributed by atoms with Crippen molar-refractivity contribution in [2.45, 2.75) is 45.4 Å². The van der Waals surface area contributed by atoms with Crippen LogP contribution in [-0.2, 0) is 4.74 Å². The zero-order valence-corrected chi connectivity index (χ0v) is 16.8. The number of carbonyl (C=O) groups excluding carboxylic acids is 1. The van der Waals surface area contributed by atoms with Gasteiger partial charge in [0.15, 0.2) is 0 Å². The van der Waals surface area contributed by atoms with Crippen molar-refractivity contribution in [1.29, 1.82) is 0 Å². The van der Waals surface area contributed by atoms with Gasteiger partial charge in [-0.15, -0.1) is 0 Å². The fourth-order valence-corrected chi connectivity index (χ4v) is 4.11. The van der Waals surface area contributed by atoms with Crippen molar-refractivity contribution < 1.29 is 22.7 Å². The molecule has 1 spiro atoms. The average Bonchev–Trinajstić information content (AvgIpc) is 2.44. The maximum absolute atomic E-state index is 12.6. The van der Waals surface area contributed by atoms with E-state index in [0.717, 1.165) is 12.8 Å². The highest BCUT2D eigenvalue weighted by atomic mass is 19.4. The number of anilines is 1. The lowest BCUT2D eigenvalue weighted by Gasteiger charge is -2.56. The Morgan fingerprint density at radius 2 is 1.83 bits per heavy atom. The summed E-state index contributed by atoms with van der Waals surface area (Å²) in [5.41, 5.74) is 1.62. The topological polar surface area (TPSA) is 58.6 Å². The van der Waals surface area contributed by atoms with Gasteiger partial charge in [-0.3, -0.25) is 4.98 Å². The minimum Gasteiger partial charge on any atom is -0.444 e. The number of hydrogen-bond acceptors (Lipinski definition) is 5. The van der Waals surface area contributed by atoms with Crippen molar-refractivity contribution >= 4 is 18.0 Å². The van der Waals surface area contributed by atoms with Crippen LogP contribution in [0.5, 0.6) is 0 Å². The molecule has 1 aromatic rings. The third kappa shape index (κ3) is 4.18. The summed E-state index contributed by atoms with van der Waals surface area (Å²) in [6.45, 7) is 6.86. The summed E-state index contributed by atoms with van der Waals surface area (Å²) in [4.78, 5) is 23.9. The molecule has 0 radical (unpaired) electrons. The van der Waals surface area contributed by atoms with Crippen molar-refractivity contribution in [3.05, 3.63) is 23.7 Å². The van der Waals surface area contributed by atoms with Crippen molar-refractivity contribution in [2.24, 2.45) is 11.3 Å². The number of ether oxygens (including phenoxy) is 1. The molecule has 1 aliphatic carbocycles. The third-order valence-electron chi connectivity index (χ3n) is 5.59. The van der Waals surface area contributed by atoms with Crippen molar-refractivity contribution in [1.82, 2.24) is 14.9 Å². The predicted molar refractivity (Wildman–Crippen MR) is 101 cm³/mol. The van der Waals surface area contributed by atoms with Gasteiger partial charge in [-0.25, -0.2) is 9.78 Å². The molecule has 0 aromatic carbocycles. The molecule has 0 N–H and O–H groups in total. The van der Waals surface area contributed by atoms with Gasteiger partial charge in [0.25, 0.3) is 0 Å². The molecule has 2 aliphatic heterocycles. The van der Waals surface area contributed by atoms with E-state index in [0.29, 0.717) is 24.6 Å². The van der Waals surface area contributed by atoms with Gasteiger partial charge in [0.05, 0.1) is 24.0 Å². The second-order valence-electron chi connectivity index (χ2n) is 9.44. The van der Waals surface area contributed by atoms with Gasteiger partial charge in [-0.1, -0.05) is 5.57 Å². The van der Waals surface area contributed by atoms with E-state index in [4.69, 9.17) is 4.74 Å². The maximum atomic E-state index is 12.6. The second kappa shape index (κ2) is 6.60. The van der Waals surface area contributed by atoms with E-state index < -0.39 is 17.7 Å². The summed E-state index contributed by atoms with van der Waals surface area (Å²) in [6.07, 6.45) is 2.52. The normalized spacial score (nSPS) is 21.4. The number of alkyl halides is 3. The van der Waals surface area contributed by atoms with E-state index in [9.17, 15) is 18.0 Å². The summed E-state index contributed by atoms with van der Waals surface area (Å²) >= 11 is 0. The maximum Gasteiger partial charge on any atom is 0.410 e. The van der Waals surface area contributed by atoms with Crippen molar-refractivity contribution in [3.63, 3.8) is 0 Å². The highest BCUT2D eigenvalue weighted by Crippen LogP contribution is 2.52. The van der Waals surface area contributed by atoms with Crippen LogP contribution in [0.4, 0.5) is 23.8 Å². The van der Waals surface area contributed by atoms with Gasteiger partial charge < -0.3 is 14.5 Å². The Balaban J connectivity index is 1.25. The first-order valence-corrected chi connectivity index (χ1v) is 9.74. The third-order valence-corrected chi connectivity index (χ3v) is 5.59. The van der Waals surface area contributed by atoms with Crippen molar-refractivity contribution in [2.75, 3.05) is 31.1 Å². The van der Waals surface area contributed by atoms with E-state index in [-0.39, 0.29) is 24.6 Å². The molecule has 2 saturated heterocycles. The van der Waals surface area contributed by atoms with E-state index in [1.54, 1.807) is 16.0 Å². The lowest BCUT2D eigenvalue weighted by Crippen LogP contribution is -2.62. The van der Waals surface area contributed by atoms with Gasteiger partial charge in [0.1, 0.15) is 11.4 Å². The second-order valence-corrected chi connectivity index (χ2v) is 9.44. The number of likely N-dealkylation sites (tertiary alicyclic amines) is 1. The number of amides is 1. The first-order chi connectivity index (χ1) is 13.4. The summed E-state index contributed by atoms with van der Waals surface area (Å²) < 4.78 is 43.1. The smallest absolute Gasteiger partial charge is 0.410 e. The van der Waals surface area contributed by atoms with Gasteiger partial charge in [0.2, 0.25) is 0 Å². The van der Waals surface area contributed by atoms with Crippen LogP contribution < -0.4 is 4.90 Å². The Morgan fingerprint density at radius 1 is 1.17 bits per heavy atom. The van der Waals surface area contributed by atoms with Crippen LogP contribution in [0.3, 0.4) is 0 Å². The quantitative estimate of drug-likeness (QED) is 0.740. The Kier molecular flexibility index (Phi) is 4.55. The molecule has 0 unspecified atom stereocenters. The van der Waals surface area contributed by atoms with Crippen LogP contribution in [0, 0.1) is 11.3 Å². The van der Waals surface area contributed by atoms with E-state index in [1.807, 2.05) is 26.8 Å². The van der Waals surface area contributed by atoms with Gasteiger partial charge in [-0.2, -0.15) is 13.2 Å². The SMILES string of the molecule is CC(C)(C)OC(=O)N1CC2(CC(=Cc3cnc(N4CC(C(F)(F)F)C4)cn3)C2)C1. The monoisotopic (exact) mass is 410 g/mol. The van der Waals surface area contributed by atoms with Crippen LogP contribution >= 0.6 is 0 Å². The number of hydrogen-bond donors (Lipinski definition) is 0. The molecule has 29 heavy (non-hydrogen) atoms. The average molecular weight is 410 g/mol. The minimum atomic E-state index is -4.14. The minimum absolute atomic E-state index is 0.0602. The van der Waals surface area contributed by atoms with Crippen LogP contribution in [0.25, 0.3) is 6.08 Å². The molecule has 6 nitrogen and oxygen atoms in total. The highest BCUT2D eigenvalue weighted by Gasteiger charge is 2.52. The van der Waals surface area contributed by atoms with Gasteiger partial charge >= 0.3 is 12.3 Å². The molecule has 0 atom stereocenters. The fourth-order valence-electron chi connectivity index (χ4n) is 4.11. The Labute approximate surface area is 167 Å². The molecule has 158 valence electrons. The molecular weight excluding hydrogens is 385 g/mol. The first-order valence-electron chi connectivity index (χ1n) is 9.74. The largest absolute Gasteiger partial charge is 0.444 e. The Bertz CT molecular complexity index is 808. The molecule has 1 amide bonds. The van der Waals surface area contributed by atoms with Gasteiger partial charge in [-0.05, 0) is 39.7 Å². The number of aromatic nitrogens is 2. The van der Waals surface area contributed by atoms with Crippen LogP contribution in [0.2, 0.25) is 0 Å². The summed E-state index contributed by atoms with van der Waals surface area (Å²) in [5, 5.41) is 0. The van der Waals surface area contributed by atoms with E-state index in [1.165, 1.54) is 11.8 Å². The molecule has 1 saturated carbocycles. The van der Waals surface area contributed by atoms with E-state index >= 15 is 0 Å². The number of nitrogens with zero attached hydrogens (tertiary/aromatic N) is 4. The molecule has 3 fully saturated rings. The number of rotatable bonds is 2. The zero-order valence-electron chi connectivity index (χ0n) is 16.8. The lowest BCUT2D eigenvalue weighted by molar-refractivity contribution is -0.180.